The Labute approximate surface area is 242 Å². The summed E-state index contributed by atoms with van der Waals surface area (Å²) >= 11 is 1.16. The molecule has 0 aliphatic carbocycles. The molecular formula is C29H30N4O6S2. The second kappa shape index (κ2) is 11.3. The molecule has 2 aromatic heterocycles. The summed E-state index contributed by atoms with van der Waals surface area (Å²) in [5.41, 5.74) is 4.07. The second-order valence-electron chi connectivity index (χ2n) is 10.1. The predicted molar refractivity (Wildman–Crippen MR) is 153 cm³/mol. The average Bonchev–Trinajstić information content (AvgIpc) is 3.72. The van der Waals surface area contributed by atoms with E-state index >= 15 is 0 Å². The number of aromatic nitrogens is 3. The molecule has 0 saturated carbocycles. The smallest absolute Gasteiger partial charge is 0.277 e. The molecule has 2 aliphatic rings. The molecule has 0 N–H and O–H groups in total. The van der Waals surface area contributed by atoms with Crippen LogP contribution in [0.1, 0.15) is 46.6 Å². The van der Waals surface area contributed by atoms with Crippen LogP contribution in [0.2, 0.25) is 0 Å². The fraction of sp³-hybridized carbons (Fsp3) is 0.345. The minimum Gasteiger partial charge on any atom is -0.454 e. The average molecular weight is 595 g/mol. The van der Waals surface area contributed by atoms with Gasteiger partial charge in [-0.15, -0.1) is 10.2 Å². The van der Waals surface area contributed by atoms with Gasteiger partial charge in [0, 0.05) is 42.1 Å². The fourth-order valence-corrected chi connectivity index (χ4v) is 7.39. The normalized spacial score (nSPS) is 15.4. The highest BCUT2D eigenvalue weighted by Crippen LogP contribution is 2.33. The number of fused-ring (bicyclic) bond motifs is 1. The van der Waals surface area contributed by atoms with Gasteiger partial charge in [-0.05, 0) is 68.7 Å². The van der Waals surface area contributed by atoms with Crippen molar-refractivity contribution in [1.82, 2.24) is 19.1 Å². The van der Waals surface area contributed by atoms with Crippen molar-refractivity contribution >= 4 is 27.6 Å². The van der Waals surface area contributed by atoms with E-state index in [2.05, 4.69) is 14.8 Å². The first-order valence-electron chi connectivity index (χ1n) is 13.4. The van der Waals surface area contributed by atoms with E-state index in [1.165, 1.54) is 4.31 Å². The van der Waals surface area contributed by atoms with Crippen molar-refractivity contribution in [3.05, 3.63) is 71.0 Å². The maximum Gasteiger partial charge on any atom is 0.277 e. The van der Waals surface area contributed by atoms with Gasteiger partial charge in [-0.3, -0.25) is 4.79 Å². The number of nitrogens with zero attached hydrogens (tertiary/aromatic N) is 4. The van der Waals surface area contributed by atoms with Crippen molar-refractivity contribution in [3.8, 4) is 23.0 Å². The van der Waals surface area contributed by atoms with Crippen LogP contribution in [0.25, 0.3) is 11.5 Å². The summed E-state index contributed by atoms with van der Waals surface area (Å²) in [6.07, 6.45) is 2.78. The van der Waals surface area contributed by atoms with Crippen LogP contribution in [0.15, 0.2) is 63.1 Å². The van der Waals surface area contributed by atoms with Crippen molar-refractivity contribution < 1.29 is 27.1 Å². The number of ether oxygens (including phenoxy) is 2. The van der Waals surface area contributed by atoms with Crippen LogP contribution in [0, 0.1) is 13.8 Å². The molecule has 0 unspecified atom stereocenters. The first-order chi connectivity index (χ1) is 19.8. The maximum atomic E-state index is 13.2. The van der Waals surface area contributed by atoms with Gasteiger partial charge in [0.2, 0.25) is 22.7 Å². The highest BCUT2D eigenvalue weighted by molar-refractivity contribution is 7.99. The molecule has 1 saturated heterocycles. The minimum atomic E-state index is -3.59. The SMILES string of the molecule is Cc1cc(C(=O)CSc2nnc(-c3cccc(S(=O)(=O)N4CCCCC4)c3)o2)c(C)n1Cc1ccc2c(c1)OCO2. The Morgan fingerprint density at radius 1 is 0.976 bits per heavy atom. The van der Waals surface area contributed by atoms with E-state index in [1.54, 1.807) is 24.3 Å². The summed E-state index contributed by atoms with van der Waals surface area (Å²) in [7, 11) is -3.59. The summed E-state index contributed by atoms with van der Waals surface area (Å²) in [4.78, 5) is 13.4. The topological polar surface area (TPSA) is 117 Å². The van der Waals surface area contributed by atoms with E-state index in [9.17, 15) is 13.2 Å². The number of hydrogen-bond acceptors (Lipinski definition) is 9. The van der Waals surface area contributed by atoms with Crippen LogP contribution in [0.4, 0.5) is 0 Å². The van der Waals surface area contributed by atoms with E-state index in [4.69, 9.17) is 13.9 Å². The number of sulfonamides is 1. The van der Waals surface area contributed by atoms with E-state index in [-0.39, 0.29) is 34.3 Å². The molecule has 0 radical (unpaired) electrons. The van der Waals surface area contributed by atoms with Gasteiger partial charge in [0.15, 0.2) is 17.3 Å². The number of Topliss-reactive ketones (excluding diaryl/α,β-unsaturated/α-hetero) is 1. The summed E-state index contributed by atoms with van der Waals surface area (Å²) in [6.45, 7) is 5.81. The quantitative estimate of drug-likeness (QED) is 0.193. The van der Waals surface area contributed by atoms with Gasteiger partial charge in [-0.25, -0.2) is 8.42 Å². The number of carbonyl (C=O) groups excluding carboxylic acids is 1. The van der Waals surface area contributed by atoms with Gasteiger partial charge in [-0.1, -0.05) is 30.3 Å². The van der Waals surface area contributed by atoms with Crippen molar-refractivity contribution in [2.24, 2.45) is 0 Å². The fourth-order valence-electron chi connectivity index (χ4n) is 5.18. The zero-order chi connectivity index (χ0) is 28.6. The second-order valence-corrected chi connectivity index (χ2v) is 13.0. The predicted octanol–water partition coefficient (Wildman–Crippen LogP) is 5.08. The number of piperidine rings is 1. The third-order valence-electron chi connectivity index (χ3n) is 7.42. The van der Waals surface area contributed by atoms with Crippen LogP contribution in [0.3, 0.4) is 0 Å². The van der Waals surface area contributed by atoms with E-state index in [0.717, 1.165) is 59.5 Å². The summed E-state index contributed by atoms with van der Waals surface area (Å²) in [5.74, 6) is 1.75. The number of thioether (sulfide) groups is 1. The van der Waals surface area contributed by atoms with Crippen LogP contribution in [-0.2, 0) is 16.6 Å². The molecule has 214 valence electrons. The summed E-state index contributed by atoms with van der Waals surface area (Å²) in [6, 6.07) is 14.3. The Kier molecular flexibility index (Phi) is 7.62. The molecule has 1 fully saturated rings. The molecule has 0 bridgehead atoms. The van der Waals surface area contributed by atoms with Crippen molar-refractivity contribution in [3.63, 3.8) is 0 Å². The highest BCUT2D eigenvalue weighted by Gasteiger charge is 2.27. The lowest BCUT2D eigenvalue weighted by molar-refractivity contribution is 0.102. The molecule has 12 heteroatoms. The Balaban J connectivity index is 1.12. The number of hydrogen-bond donors (Lipinski definition) is 0. The monoisotopic (exact) mass is 594 g/mol. The molecule has 0 atom stereocenters. The van der Waals surface area contributed by atoms with Crippen LogP contribution in [0.5, 0.6) is 11.5 Å². The van der Waals surface area contributed by atoms with E-state index < -0.39 is 10.0 Å². The summed E-state index contributed by atoms with van der Waals surface area (Å²) < 4.78 is 46.5. The van der Waals surface area contributed by atoms with E-state index in [0.29, 0.717) is 30.8 Å². The lowest BCUT2D eigenvalue weighted by Gasteiger charge is -2.25. The zero-order valence-electron chi connectivity index (χ0n) is 22.8. The van der Waals surface area contributed by atoms with Crippen LogP contribution in [-0.4, -0.2) is 58.9 Å². The molecule has 41 heavy (non-hydrogen) atoms. The summed E-state index contributed by atoms with van der Waals surface area (Å²) in [5, 5.41) is 8.42. The van der Waals surface area contributed by atoms with Gasteiger partial charge in [0.1, 0.15) is 0 Å². The first-order valence-corrected chi connectivity index (χ1v) is 15.9. The molecular weight excluding hydrogens is 564 g/mol. The van der Waals surface area contributed by atoms with Crippen molar-refractivity contribution in [1.29, 1.82) is 0 Å². The zero-order valence-corrected chi connectivity index (χ0v) is 24.5. The molecule has 0 amide bonds. The third kappa shape index (κ3) is 5.64. The van der Waals surface area contributed by atoms with E-state index in [1.807, 2.05) is 38.1 Å². The van der Waals surface area contributed by atoms with Gasteiger partial charge in [0.05, 0.1) is 10.6 Å². The van der Waals surface area contributed by atoms with Crippen LogP contribution < -0.4 is 9.47 Å². The Morgan fingerprint density at radius 2 is 1.78 bits per heavy atom. The van der Waals surface area contributed by atoms with Gasteiger partial charge < -0.3 is 18.5 Å². The minimum absolute atomic E-state index is 0.0468. The third-order valence-corrected chi connectivity index (χ3v) is 10.1. The lowest BCUT2D eigenvalue weighted by Crippen LogP contribution is -2.35. The number of carbonyl (C=O) groups is 1. The molecule has 4 heterocycles. The standard InChI is InChI=1S/C29H30N4O6S2/c1-19-13-24(20(2)33(19)16-21-9-10-26-27(14-21)38-18-37-26)25(34)17-40-29-31-30-28(39-29)22-7-6-8-23(15-22)41(35,36)32-11-4-3-5-12-32/h6-10,13-15H,3-5,11-12,16-18H2,1-2H3. The first kappa shape index (κ1) is 27.6. The molecule has 0 spiro atoms. The van der Waals surface area contributed by atoms with Gasteiger partial charge in [-0.2, -0.15) is 4.31 Å². The van der Waals surface area contributed by atoms with Crippen molar-refractivity contribution in [2.45, 2.75) is 49.8 Å². The van der Waals surface area contributed by atoms with Crippen LogP contribution >= 0.6 is 11.8 Å². The largest absolute Gasteiger partial charge is 0.454 e. The Hall–Kier alpha value is -3.61. The molecule has 4 aromatic rings. The number of benzene rings is 2. The Bertz CT molecular complexity index is 1710. The number of aryl methyl sites for hydroxylation is 1. The van der Waals surface area contributed by atoms with Crippen molar-refractivity contribution in [2.75, 3.05) is 25.6 Å². The maximum absolute atomic E-state index is 13.2. The highest BCUT2D eigenvalue weighted by atomic mass is 32.2. The molecule has 2 aliphatic heterocycles. The number of ketones is 1. The lowest BCUT2D eigenvalue weighted by atomic mass is 10.1. The molecule has 6 rings (SSSR count). The van der Waals surface area contributed by atoms with Gasteiger partial charge in [0.25, 0.3) is 5.22 Å². The molecule has 2 aromatic carbocycles. The van der Waals surface area contributed by atoms with Gasteiger partial charge >= 0.3 is 0 Å². The Morgan fingerprint density at radius 3 is 2.61 bits per heavy atom. The number of rotatable bonds is 9. The molecule has 10 nitrogen and oxygen atoms in total.